The van der Waals surface area contributed by atoms with Crippen molar-refractivity contribution in [1.29, 1.82) is 0 Å². The van der Waals surface area contributed by atoms with Gasteiger partial charge in [0, 0.05) is 0 Å². The first-order valence-electron chi connectivity index (χ1n) is 8.10. The Kier molecular flexibility index (Phi) is 6.35. The third-order valence-electron chi connectivity index (χ3n) is 3.89. The molecule has 2 rings (SSSR count). The summed E-state index contributed by atoms with van der Waals surface area (Å²) in [6, 6.07) is 7.26. The first-order chi connectivity index (χ1) is 13.0. The highest BCUT2D eigenvalue weighted by atomic mass is 32.2. The van der Waals surface area contributed by atoms with E-state index in [2.05, 4.69) is 10.0 Å². The maximum atomic E-state index is 13.0. The van der Waals surface area contributed by atoms with Crippen molar-refractivity contribution in [2.24, 2.45) is 0 Å². The third-order valence-corrected chi connectivity index (χ3v) is 5.43. The molecule has 0 saturated heterocycles. The van der Waals surface area contributed by atoms with Crippen LogP contribution in [-0.2, 0) is 21.0 Å². The number of anilines is 1. The van der Waals surface area contributed by atoms with Gasteiger partial charge in [-0.15, -0.1) is 0 Å². The number of amides is 1. The van der Waals surface area contributed by atoms with Crippen LogP contribution in [0, 0.1) is 6.92 Å². The average molecular weight is 416 g/mol. The van der Waals surface area contributed by atoms with Gasteiger partial charge in [-0.25, -0.2) is 8.42 Å². The number of methoxy groups -OCH3 is 1. The summed E-state index contributed by atoms with van der Waals surface area (Å²) in [4.78, 5) is 12.1. The molecule has 0 unspecified atom stereocenters. The number of sulfonamides is 1. The van der Waals surface area contributed by atoms with E-state index in [9.17, 15) is 26.4 Å². The summed E-state index contributed by atoms with van der Waals surface area (Å²) in [5.74, 6) is -0.431. The molecule has 2 N–H and O–H groups in total. The van der Waals surface area contributed by atoms with E-state index in [0.29, 0.717) is 11.3 Å². The zero-order chi connectivity index (χ0) is 21.1. The minimum Gasteiger partial charge on any atom is -0.496 e. The summed E-state index contributed by atoms with van der Waals surface area (Å²) >= 11 is 0. The Bertz CT molecular complexity index is 975. The smallest absolute Gasteiger partial charge is 0.418 e. The fraction of sp³-hybridized carbons (Fsp3) is 0.278. The molecule has 0 aliphatic carbocycles. The molecular weight excluding hydrogens is 397 g/mol. The minimum atomic E-state index is -4.66. The van der Waals surface area contributed by atoms with Crippen LogP contribution in [0.1, 0.15) is 18.1 Å². The number of carbonyl (C=O) groups is 1. The second-order valence-corrected chi connectivity index (χ2v) is 7.72. The van der Waals surface area contributed by atoms with E-state index in [-0.39, 0.29) is 4.90 Å². The molecule has 152 valence electrons. The first-order valence-corrected chi connectivity index (χ1v) is 9.58. The Hall–Kier alpha value is -2.59. The summed E-state index contributed by atoms with van der Waals surface area (Å²) in [5, 5.41) is 2.11. The van der Waals surface area contributed by atoms with Crippen LogP contribution in [0.25, 0.3) is 0 Å². The lowest BCUT2D eigenvalue weighted by Gasteiger charge is -2.17. The van der Waals surface area contributed by atoms with Crippen LogP contribution < -0.4 is 14.8 Å². The van der Waals surface area contributed by atoms with Gasteiger partial charge in [0.25, 0.3) is 0 Å². The van der Waals surface area contributed by atoms with Crippen molar-refractivity contribution in [2.45, 2.75) is 31.0 Å². The lowest BCUT2D eigenvalue weighted by atomic mass is 10.1. The molecular formula is C18H19F3N2O4S. The zero-order valence-electron chi connectivity index (χ0n) is 15.3. The van der Waals surface area contributed by atoms with E-state index in [1.807, 2.05) is 0 Å². The van der Waals surface area contributed by atoms with E-state index < -0.39 is 39.4 Å². The number of hydrogen-bond donors (Lipinski definition) is 2. The summed E-state index contributed by atoms with van der Waals surface area (Å²) in [7, 11) is -2.63. The molecule has 6 nitrogen and oxygen atoms in total. The van der Waals surface area contributed by atoms with Gasteiger partial charge in [0.05, 0.1) is 29.3 Å². The Morgan fingerprint density at radius 2 is 1.79 bits per heavy atom. The number of nitrogens with one attached hydrogen (secondary N) is 2. The van der Waals surface area contributed by atoms with Gasteiger partial charge in [-0.2, -0.15) is 17.9 Å². The SMILES string of the molecule is COc1ccc(S(=O)(=O)N[C@@H](C)C(=O)Nc2ccccc2C(F)(F)F)cc1C. The molecule has 2 aromatic rings. The molecule has 0 spiro atoms. The van der Waals surface area contributed by atoms with Crippen molar-refractivity contribution in [2.75, 3.05) is 12.4 Å². The van der Waals surface area contributed by atoms with Crippen molar-refractivity contribution in [1.82, 2.24) is 4.72 Å². The average Bonchev–Trinajstić information content (AvgIpc) is 2.60. The summed E-state index contributed by atoms with van der Waals surface area (Å²) < 4.78 is 71.2. The predicted octanol–water partition coefficient (Wildman–Crippen LogP) is 3.33. The molecule has 0 aromatic heterocycles. The van der Waals surface area contributed by atoms with Crippen molar-refractivity contribution in [3.05, 3.63) is 53.6 Å². The van der Waals surface area contributed by atoms with Gasteiger partial charge in [-0.1, -0.05) is 12.1 Å². The highest BCUT2D eigenvalue weighted by Crippen LogP contribution is 2.34. The lowest BCUT2D eigenvalue weighted by molar-refractivity contribution is -0.137. The molecule has 1 amide bonds. The highest BCUT2D eigenvalue weighted by Gasteiger charge is 2.34. The highest BCUT2D eigenvalue weighted by molar-refractivity contribution is 7.89. The number of hydrogen-bond acceptors (Lipinski definition) is 4. The topological polar surface area (TPSA) is 84.5 Å². The molecule has 0 radical (unpaired) electrons. The third kappa shape index (κ3) is 5.02. The number of aryl methyl sites for hydroxylation is 1. The van der Waals surface area contributed by atoms with Crippen LogP contribution >= 0.6 is 0 Å². The van der Waals surface area contributed by atoms with Crippen LogP contribution in [-0.4, -0.2) is 27.5 Å². The number of para-hydroxylation sites is 1. The van der Waals surface area contributed by atoms with Gasteiger partial charge in [0.1, 0.15) is 5.75 Å². The van der Waals surface area contributed by atoms with E-state index in [1.54, 1.807) is 6.92 Å². The number of rotatable bonds is 6. The Morgan fingerprint density at radius 1 is 1.14 bits per heavy atom. The summed E-state index contributed by atoms with van der Waals surface area (Å²) in [5.41, 5.74) is -0.905. The second-order valence-electron chi connectivity index (χ2n) is 6.01. The van der Waals surface area contributed by atoms with Gasteiger partial charge in [0.2, 0.25) is 15.9 Å². The standard InChI is InChI=1S/C18H19F3N2O4S/c1-11-10-13(8-9-16(11)27-3)28(25,26)23-12(2)17(24)22-15-7-5-4-6-14(15)18(19,20)21/h4-10,12,23H,1-3H3,(H,22,24)/t12-/m0/s1. The molecule has 0 saturated carbocycles. The Labute approximate surface area is 160 Å². The molecule has 28 heavy (non-hydrogen) atoms. The summed E-state index contributed by atoms with van der Waals surface area (Å²) in [6.45, 7) is 2.89. The van der Waals surface area contributed by atoms with E-state index in [4.69, 9.17) is 4.74 Å². The lowest BCUT2D eigenvalue weighted by Crippen LogP contribution is -2.41. The van der Waals surface area contributed by atoms with Crippen LogP contribution in [0.15, 0.2) is 47.4 Å². The van der Waals surface area contributed by atoms with E-state index >= 15 is 0 Å². The predicted molar refractivity (Wildman–Crippen MR) is 97.6 cm³/mol. The van der Waals surface area contributed by atoms with Gasteiger partial charge < -0.3 is 10.1 Å². The Balaban J connectivity index is 2.17. The molecule has 1 atom stereocenters. The quantitative estimate of drug-likeness (QED) is 0.757. The van der Waals surface area contributed by atoms with Crippen LogP contribution in [0.2, 0.25) is 0 Å². The number of carbonyl (C=O) groups excluding carboxylic acids is 1. The van der Waals surface area contributed by atoms with E-state index in [0.717, 1.165) is 12.1 Å². The zero-order valence-corrected chi connectivity index (χ0v) is 16.1. The number of halogens is 3. The van der Waals surface area contributed by atoms with Crippen LogP contribution in [0.5, 0.6) is 5.75 Å². The minimum absolute atomic E-state index is 0.0962. The molecule has 0 bridgehead atoms. The first kappa shape index (κ1) is 21.7. The van der Waals surface area contributed by atoms with Crippen molar-refractivity contribution >= 4 is 21.6 Å². The second kappa shape index (κ2) is 8.19. The molecule has 2 aromatic carbocycles. The largest absolute Gasteiger partial charge is 0.496 e. The van der Waals surface area contributed by atoms with Crippen molar-refractivity contribution in [3.63, 3.8) is 0 Å². The van der Waals surface area contributed by atoms with Gasteiger partial charge in [-0.05, 0) is 49.7 Å². The van der Waals surface area contributed by atoms with Crippen molar-refractivity contribution in [3.8, 4) is 5.75 Å². The van der Waals surface area contributed by atoms with Gasteiger partial charge in [0.15, 0.2) is 0 Å². The molecule has 0 heterocycles. The number of alkyl halides is 3. The van der Waals surface area contributed by atoms with Gasteiger partial charge >= 0.3 is 6.18 Å². The van der Waals surface area contributed by atoms with Crippen molar-refractivity contribution < 1.29 is 31.1 Å². The fourth-order valence-corrected chi connectivity index (χ4v) is 3.74. The molecule has 0 fully saturated rings. The number of ether oxygens (including phenoxy) is 1. The molecule has 0 aliphatic heterocycles. The normalized spacial score (nSPS) is 13.1. The maximum Gasteiger partial charge on any atom is 0.418 e. The van der Waals surface area contributed by atoms with E-state index in [1.165, 1.54) is 44.4 Å². The Morgan fingerprint density at radius 3 is 2.36 bits per heavy atom. The maximum absolute atomic E-state index is 13.0. The van der Waals surface area contributed by atoms with Gasteiger partial charge in [-0.3, -0.25) is 4.79 Å². The van der Waals surface area contributed by atoms with Crippen LogP contribution in [0.3, 0.4) is 0 Å². The summed E-state index contributed by atoms with van der Waals surface area (Å²) in [6.07, 6.45) is -4.66. The fourth-order valence-electron chi connectivity index (χ4n) is 2.45. The number of benzene rings is 2. The molecule has 0 aliphatic rings. The molecule has 10 heteroatoms. The monoisotopic (exact) mass is 416 g/mol. The van der Waals surface area contributed by atoms with Crippen LogP contribution in [0.4, 0.5) is 18.9 Å².